The van der Waals surface area contributed by atoms with Gasteiger partial charge in [-0.25, -0.2) is 4.79 Å². The van der Waals surface area contributed by atoms with Gasteiger partial charge in [-0.3, -0.25) is 0 Å². The zero-order chi connectivity index (χ0) is 13.9. The van der Waals surface area contributed by atoms with Gasteiger partial charge < -0.3 is 9.14 Å². The zero-order valence-corrected chi connectivity index (χ0v) is 11.2. The van der Waals surface area contributed by atoms with Gasteiger partial charge in [-0.15, -0.1) is 0 Å². The molecule has 0 saturated heterocycles. The van der Waals surface area contributed by atoms with Gasteiger partial charge in [0.1, 0.15) is 0 Å². The van der Waals surface area contributed by atoms with E-state index in [9.17, 15) is 4.79 Å². The summed E-state index contributed by atoms with van der Waals surface area (Å²) >= 11 is 0. The summed E-state index contributed by atoms with van der Waals surface area (Å²) in [7, 11) is 0. The second kappa shape index (κ2) is 5.21. The lowest BCUT2D eigenvalue weighted by molar-refractivity contribution is 0.0529. The summed E-state index contributed by atoms with van der Waals surface area (Å²) in [5.74, 6) is -0.279. The molecule has 1 aromatic carbocycles. The van der Waals surface area contributed by atoms with Crippen LogP contribution in [0.25, 0.3) is 16.6 Å². The maximum Gasteiger partial charge on any atom is 0.340 e. The molecule has 0 fully saturated rings. The summed E-state index contributed by atoms with van der Waals surface area (Å²) in [6.45, 7) is 2.19. The van der Waals surface area contributed by atoms with Crippen molar-refractivity contribution >= 4 is 11.5 Å². The third-order valence-electron chi connectivity index (χ3n) is 3.26. The van der Waals surface area contributed by atoms with E-state index in [0.29, 0.717) is 12.2 Å². The maximum absolute atomic E-state index is 12.1. The zero-order valence-electron chi connectivity index (χ0n) is 11.2. The summed E-state index contributed by atoms with van der Waals surface area (Å²) in [6, 6.07) is 15.8. The van der Waals surface area contributed by atoms with Gasteiger partial charge in [-0.1, -0.05) is 36.4 Å². The van der Waals surface area contributed by atoms with Crippen LogP contribution in [0.3, 0.4) is 0 Å². The van der Waals surface area contributed by atoms with Crippen LogP contribution in [0.15, 0.2) is 60.9 Å². The average molecular weight is 265 g/mol. The number of hydrogen-bond acceptors (Lipinski definition) is 2. The van der Waals surface area contributed by atoms with Crippen LogP contribution in [0, 0.1) is 0 Å². The number of rotatable bonds is 3. The Labute approximate surface area is 117 Å². The molecule has 0 aliphatic rings. The van der Waals surface area contributed by atoms with Gasteiger partial charge >= 0.3 is 5.97 Å². The molecule has 0 unspecified atom stereocenters. The minimum atomic E-state index is -0.279. The van der Waals surface area contributed by atoms with Crippen LogP contribution in [0.1, 0.15) is 17.3 Å². The molecule has 20 heavy (non-hydrogen) atoms. The van der Waals surface area contributed by atoms with Crippen molar-refractivity contribution in [1.29, 1.82) is 0 Å². The third-order valence-corrected chi connectivity index (χ3v) is 3.26. The van der Waals surface area contributed by atoms with Gasteiger partial charge in [0.15, 0.2) is 0 Å². The van der Waals surface area contributed by atoms with Crippen molar-refractivity contribution in [3.8, 4) is 11.1 Å². The van der Waals surface area contributed by atoms with E-state index in [4.69, 9.17) is 4.74 Å². The normalized spacial score (nSPS) is 10.7. The Bertz CT molecular complexity index is 744. The lowest BCUT2D eigenvalue weighted by Crippen LogP contribution is -2.04. The molecule has 2 heterocycles. The van der Waals surface area contributed by atoms with Crippen molar-refractivity contribution in [2.75, 3.05) is 6.61 Å². The molecule has 3 rings (SSSR count). The Balaban J connectivity index is 2.23. The fourth-order valence-corrected chi connectivity index (χ4v) is 2.39. The van der Waals surface area contributed by atoms with Crippen LogP contribution in [-0.4, -0.2) is 17.0 Å². The second-order valence-electron chi connectivity index (χ2n) is 4.49. The topological polar surface area (TPSA) is 30.7 Å². The van der Waals surface area contributed by atoms with Crippen molar-refractivity contribution in [1.82, 2.24) is 4.40 Å². The standard InChI is InChI=1S/C17H15NO2/c1-2-20-17(19)15-10-12-18-11-6-9-14(16(15)18)13-7-4-3-5-8-13/h3-12H,2H2,1H3. The molecule has 0 N–H and O–H groups in total. The first-order chi connectivity index (χ1) is 9.81. The minimum Gasteiger partial charge on any atom is -0.462 e. The summed E-state index contributed by atoms with van der Waals surface area (Å²) in [4.78, 5) is 12.1. The number of hydrogen-bond donors (Lipinski definition) is 0. The fraction of sp³-hybridized carbons (Fsp3) is 0.118. The van der Waals surface area contributed by atoms with Gasteiger partial charge in [0.2, 0.25) is 0 Å². The summed E-state index contributed by atoms with van der Waals surface area (Å²) in [6.07, 6.45) is 3.82. The molecular weight excluding hydrogens is 250 g/mol. The molecule has 3 aromatic rings. The number of pyridine rings is 1. The molecule has 0 amide bonds. The number of carbonyl (C=O) groups excluding carboxylic acids is 1. The van der Waals surface area contributed by atoms with Crippen molar-refractivity contribution < 1.29 is 9.53 Å². The van der Waals surface area contributed by atoms with Crippen LogP contribution in [0.2, 0.25) is 0 Å². The van der Waals surface area contributed by atoms with E-state index in [1.807, 2.05) is 66.2 Å². The quantitative estimate of drug-likeness (QED) is 0.675. The van der Waals surface area contributed by atoms with E-state index in [-0.39, 0.29) is 5.97 Å². The average Bonchev–Trinajstić information content (AvgIpc) is 2.92. The third kappa shape index (κ3) is 2.07. The first-order valence-electron chi connectivity index (χ1n) is 6.63. The number of carbonyl (C=O) groups is 1. The van der Waals surface area contributed by atoms with E-state index in [2.05, 4.69) is 0 Å². The molecule has 0 aliphatic carbocycles. The van der Waals surface area contributed by atoms with Crippen LogP contribution in [0.5, 0.6) is 0 Å². The van der Waals surface area contributed by atoms with E-state index in [1.165, 1.54) is 0 Å². The Hall–Kier alpha value is -2.55. The SMILES string of the molecule is CCOC(=O)c1ccn2cccc(-c3ccccc3)c12. The molecule has 3 nitrogen and oxygen atoms in total. The van der Waals surface area contributed by atoms with E-state index < -0.39 is 0 Å². The van der Waals surface area contributed by atoms with E-state index in [0.717, 1.165) is 16.6 Å². The minimum absolute atomic E-state index is 0.279. The molecule has 0 bridgehead atoms. The Kier molecular flexibility index (Phi) is 3.25. The number of fused-ring (bicyclic) bond motifs is 1. The summed E-state index contributed by atoms with van der Waals surface area (Å²) in [5, 5.41) is 0. The molecule has 0 atom stereocenters. The summed E-state index contributed by atoms with van der Waals surface area (Å²) < 4.78 is 7.09. The molecule has 0 saturated carbocycles. The summed E-state index contributed by atoms with van der Waals surface area (Å²) in [5.41, 5.74) is 3.60. The largest absolute Gasteiger partial charge is 0.462 e. The molecule has 100 valence electrons. The molecule has 0 radical (unpaired) electrons. The lowest BCUT2D eigenvalue weighted by Gasteiger charge is -2.07. The second-order valence-corrected chi connectivity index (χ2v) is 4.49. The van der Waals surface area contributed by atoms with Crippen LogP contribution >= 0.6 is 0 Å². The highest BCUT2D eigenvalue weighted by atomic mass is 16.5. The first kappa shape index (κ1) is 12.5. The molecule has 0 aliphatic heterocycles. The number of aromatic nitrogens is 1. The monoisotopic (exact) mass is 265 g/mol. The number of nitrogens with zero attached hydrogens (tertiary/aromatic N) is 1. The van der Waals surface area contributed by atoms with Crippen molar-refractivity contribution in [3.63, 3.8) is 0 Å². The van der Waals surface area contributed by atoms with Crippen molar-refractivity contribution in [2.45, 2.75) is 6.92 Å². The van der Waals surface area contributed by atoms with E-state index >= 15 is 0 Å². The predicted octanol–water partition coefficient (Wildman–Crippen LogP) is 3.78. The van der Waals surface area contributed by atoms with Crippen LogP contribution < -0.4 is 0 Å². The highest BCUT2D eigenvalue weighted by molar-refractivity contribution is 6.02. The molecule has 0 spiro atoms. The van der Waals surface area contributed by atoms with Gasteiger partial charge in [0, 0.05) is 18.0 Å². The van der Waals surface area contributed by atoms with Crippen molar-refractivity contribution in [3.05, 3.63) is 66.5 Å². The molecular formula is C17H15NO2. The van der Waals surface area contributed by atoms with Gasteiger partial charge in [0.25, 0.3) is 0 Å². The van der Waals surface area contributed by atoms with E-state index in [1.54, 1.807) is 6.07 Å². The Morgan fingerprint density at radius 2 is 1.85 bits per heavy atom. The number of esters is 1. The van der Waals surface area contributed by atoms with Crippen molar-refractivity contribution in [2.24, 2.45) is 0 Å². The lowest BCUT2D eigenvalue weighted by atomic mass is 10.0. The smallest absolute Gasteiger partial charge is 0.340 e. The van der Waals surface area contributed by atoms with Gasteiger partial charge in [0.05, 0.1) is 17.7 Å². The fourth-order valence-electron chi connectivity index (χ4n) is 2.39. The molecule has 2 aromatic heterocycles. The highest BCUT2D eigenvalue weighted by Crippen LogP contribution is 2.28. The van der Waals surface area contributed by atoms with Crippen LogP contribution in [-0.2, 0) is 4.74 Å². The van der Waals surface area contributed by atoms with Gasteiger partial charge in [-0.2, -0.15) is 0 Å². The molecule has 3 heteroatoms. The Morgan fingerprint density at radius 1 is 1.05 bits per heavy atom. The predicted molar refractivity (Wildman–Crippen MR) is 78.8 cm³/mol. The maximum atomic E-state index is 12.1. The Morgan fingerprint density at radius 3 is 2.60 bits per heavy atom. The number of benzene rings is 1. The van der Waals surface area contributed by atoms with Crippen LogP contribution in [0.4, 0.5) is 0 Å². The first-order valence-corrected chi connectivity index (χ1v) is 6.63. The highest BCUT2D eigenvalue weighted by Gasteiger charge is 2.15. The van der Waals surface area contributed by atoms with Gasteiger partial charge in [-0.05, 0) is 24.6 Å². The number of ether oxygens (including phenoxy) is 1.